The number of hydrogen-bond donors (Lipinski definition) is 1. The molecule has 1 aromatic rings. The molecule has 0 aliphatic carbocycles. The van der Waals surface area contributed by atoms with Gasteiger partial charge >= 0.3 is 0 Å². The lowest BCUT2D eigenvalue weighted by Crippen LogP contribution is -2.36. The second-order valence-electron chi connectivity index (χ2n) is 5.44. The smallest absolute Gasteiger partial charge is 0.252 e. The van der Waals surface area contributed by atoms with E-state index in [1.165, 1.54) is 0 Å². The van der Waals surface area contributed by atoms with Gasteiger partial charge in [-0.05, 0) is 24.5 Å². The third kappa shape index (κ3) is 4.20. The van der Waals surface area contributed by atoms with Crippen molar-refractivity contribution in [1.82, 2.24) is 10.3 Å². The summed E-state index contributed by atoms with van der Waals surface area (Å²) in [4.78, 5) is 18.5. The summed E-state index contributed by atoms with van der Waals surface area (Å²) in [6.07, 6.45) is 2.64. The number of rotatable bonds is 5. The molecule has 1 saturated heterocycles. The van der Waals surface area contributed by atoms with E-state index in [1.807, 2.05) is 12.1 Å². The highest BCUT2D eigenvalue weighted by atomic mass is 16.5. The van der Waals surface area contributed by atoms with Crippen LogP contribution in [0.2, 0.25) is 0 Å². The zero-order valence-corrected chi connectivity index (χ0v) is 12.3. The summed E-state index contributed by atoms with van der Waals surface area (Å²) in [5, 5.41) is 2.92. The van der Waals surface area contributed by atoms with E-state index in [1.54, 1.807) is 6.20 Å². The molecule has 1 aliphatic heterocycles. The fourth-order valence-corrected chi connectivity index (χ4v) is 2.08. The molecule has 1 fully saturated rings. The highest BCUT2D eigenvalue weighted by Crippen LogP contribution is 2.13. The number of carbonyl (C=O) groups is 1. The number of anilines is 1. The Labute approximate surface area is 120 Å². The van der Waals surface area contributed by atoms with Gasteiger partial charge in [-0.25, -0.2) is 4.98 Å². The molecule has 1 aliphatic rings. The van der Waals surface area contributed by atoms with Crippen LogP contribution >= 0.6 is 0 Å². The van der Waals surface area contributed by atoms with Gasteiger partial charge in [0.2, 0.25) is 0 Å². The predicted octanol–water partition coefficient (Wildman–Crippen LogP) is 1.69. The van der Waals surface area contributed by atoms with Crippen molar-refractivity contribution in [2.45, 2.75) is 20.3 Å². The Balaban J connectivity index is 1.88. The number of aromatic nitrogens is 1. The molecule has 1 aromatic heterocycles. The number of ether oxygens (including phenoxy) is 1. The van der Waals surface area contributed by atoms with Crippen molar-refractivity contribution in [3.63, 3.8) is 0 Å². The SMILES string of the molecule is CC(C)CCNC(=O)c1ccc(N2CCOCC2)nc1. The number of morpholine rings is 1. The molecule has 0 aromatic carbocycles. The molecule has 0 radical (unpaired) electrons. The van der Waals surface area contributed by atoms with Gasteiger partial charge < -0.3 is 15.0 Å². The molecule has 1 amide bonds. The molecule has 5 nitrogen and oxygen atoms in total. The highest BCUT2D eigenvalue weighted by Gasteiger charge is 2.13. The van der Waals surface area contributed by atoms with Crippen LogP contribution in [0.3, 0.4) is 0 Å². The molecule has 110 valence electrons. The third-order valence-electron chi connectivity index (χ3n) is 3.35. The largest absolute Gasteiger partial charge is 0.378 e. The third-order valence-corrected chi connectivity index (χ3v) is 3.35. The standard InChI is InChI=1S/C15H23N3O2/c1-12(2)5-6-16-15(19)13-3-4-14(17-11-13)18-7-9-20-10-8-18/h3-4,11-12H,5-10H2,1-2H3,(H,16,19). The number of pyridine rings is 1. The van der Waals surface area contributed by atoms with Gasteiger partial charge in [-0.1, -0.05) is 13.8 Å². The van der Waals surface area contributed by atoms with E-state index in [4.69, 9.17) is 4.74 Å². The van der Waals surface area contributed by atoms with E-state index in [9.17, 15) is 4.79 Å². The van der Waals surface area contributed by atoms with Gasteiger partial charge in [-0.2, -0.15) is 0 Å². The first-order valence-electron chi connectivity index (χ1n) is 7.24. The molecular formula is C15H23N3O2. The molecule has 2 heterocycles. The van der Waals surface area contributed by atoms with Gasteiger partial charge in [0, 0.05) is 25.8 Å². The predicted molar refractivity (Wildman–Crippen MR) is 79.1 cm³/mol. The summed E-state index contributed by atoms with van der Waals surface area (Å²) in [7, 11) is 0. The maximum absolute atomic E-state index is 11.9. The zero-order chi connectivity index (χ0) is 14.4. The van der Waals surface area contributed by atoms with E-state index < -0.39 is 0 Å². The molecule has 2 rings (SSSR count). The van der Waals surface area contributed by atoms with Crippen molar-refractivity contribution < 1.29 is 9.53 Å². The lowest BCUT2D eigenvalue weighted by atomic mass is 10.1. The Bertz CT molecular complexity index is 425. The molecule has 0 bridgehead atoms. The number of amides is 1. The highest BCUT2D eigenvalue weighted by molar-refractivity contribution is 5.94. The molecular weight excluding hydrogens is 254 g/mol. The average molecular weight is 277 g/mol. The van der Waals surface area contributed by atoms with Gasteiger partial charge in [0.25, 0.3) is 5.91 Å². The summed E-state index contributed by atoms with van der Waals surface area (Å²) in [5.74, 6) is 1.45. The van der Waals surface area contributed by atoms with Crippen LogP contribution in [0, 0.1) is 5.92 Å². The number of nitrogens with one attached hydrogen (secondary N) is 1. The topological polar surface area (TPSA) is 54.5 Å². The van der Waals surface area contributed by atoms with E-state index >= 15 is 0 Å². The lowest BCUT2D eigenvalue weighted by Gasteiger charge is -2.27. The molecule has 0 saturated carbocycles. The fourth-order valence-electron chi connectivity index (χ4n) is 2.08. The minimum Gasteiger partial charge on any atom is -0.378 e. The Hall–Kier alpha value is -1.62. The summed E-state index contributed by atoms with van der Waals surface area (Å²) >= 11 is 0. The van der Waals surface area contributed by atoms with Crippen molar-refractivity contribution in [1.29, 1.82) is 0 Å². The Morgan fingerprint density at radius 2 is 2.15 bits per heavy atom. The average Bonchev–Trinajstić information content (AvgIpc) is 2.48. The first-order valence-corrected chi connectivity index (χ1v) is 7.24. The van der Waals surface area contributed by atoms with Crippen LogP contribution in [0.5, 0.6) is 0 Å². The van der Waals surface area contributed by atoms with Crippen LogP contribution in [0.25, 0.3) is 0 Å². The number of carbonyl (C=O) groups excluding carboxylic acids is 1. The molecule has 0 atom stereocenters. The van der Waals surface area contributed by atoms with E-state index in [0.29, 0.717) is 18.0 Å². The minimum atomic E-state index is -0.0494. The quantitative estimate of drug-likeness (QED) is 0.890. The van der Waals surface area contributed by atoms with Crippen LogP contribution in [0.15, 0.2) is 18.3 Å². The minimum absolute atomic E-state index is 0.0494. The number of hydrogen-bond acceptors (Lipinski definition) is 4. The van der Waals surface area contributed by atoms with Crippen molar-refractivity contribution in [3.8, 4) is 0 Å². The second kappa shape index (κ2) is 7.24. The molecule has 1 N–H and O–H groups in total. The second-order valence-corrected chi connectivity index (χ2v) is 5.44. The van der Waals surface area contributed by atoms with Gasteiger partial charge in [-0.15, -0.1) is 0 Å². The van der Waals surface area contributed by atoms with Crippen LogP contribution in [-0.4, -0.2) is 43.7 Å². The summed E-state index contributed by atoms with van der Waals surface area (Å²) < 4.78 is 5.31. The Morgan fingerprint density at radius 1 is 1.40 bits per heavy atom. The zero-order valence-electron chi connectivity index (χ0n) is 12.3. The molecule has 0 unspecified atom stereocenters. The van der Waals surface area contributed by atoms with E-state index in [2.05, 4.69) is 29.0 Å². The molecule has 0 spiro atoms. The van der Waals surface area contributed by atoms with Crippen LogP contribution in [0.4, 0.5) is 5.82 Å². The molecule has 20 heavy (non-hydrogen) atoms. The van der Waals surface area contributed by atoms with Crippen molar-refractivity contribution >= 4 is 11.7 Å². The lowest BCUT2D eigenvalue weighted by molar-refractivity contribution is 0.0951. The summed E-state index contributed by atoms with van der Waals surface area (Å²) in [5.41, 5.74) is 0.616. The maximum Gasteiger partial charge on any atom is 0.252 e. The normalized spacial score (nSPS) is 15.4. The Kier molecular flexibility index (Phi) is 5.35. The first kappa shape index (κ1) is 14.8. The van der Waals surface area contributed by atoms with Crippen LogP contribution in [0.1, 0.15) is 30.6 Å². The van der Waals surface area contributed by atoms with Crippen LogP contribution in [-0.2, 0) is 4.74 Å². The van der Waals surface area contributed by atoms with Crippen molar-refractivity contribution in [2.24, 2.45) is 5.92 Å². The summed E-state index contributed by atoms with van der Waals surface area (Å²) in [6, 6.07) is 3.74. The van der Waals surface area contributed by atoms with Crippen molar-refractivity contribution in [2.75, 3.05) is 37.7 Å². The first-order chi connectivity index (χ1) is 9.66. The van der Waals surface area contributed by atoms with Gasteiger partial charge in [0.15, 0.2) is 0 Å². The van der Waals surface area contributed by atoms with Gasteiger partial charge in [-0.3, -0.25) is 4.79 Å². The maximum atomic E-state index is 11.9. The monoisotopic (exact) mass is 277 g/mol. The number of nitrogens with zero attached hydrogens (tertiary/aromatic N) is 2. The summed E-state index contributed by atoms with van der Waals surface area (Å²) in [6.45, 7) is 8.18. The van der Waals surface area contributed by atoms with Crippen LogP contribution < -0.4 is 10.2 Å². The Morgan fingerprint density at radius 3 is 2.75 bits per heavy atom. The van der Waals surface area contributed by atoms with E-state index in [0.717, 1.165) is 38.5 Å². The van der Waals surface area contributed by atoms with Crippen molar-refractivity contribution in [3.05, 3.63) is 23.9 Å². The fraction of sp³-hybridized carbons (Fsp3) is 0.600. The molecule has 5 heteroatoms. The van der Waals surface area contributed by atoms with Gasteiger partial charge in [0.1, 0.15) is 5.82 Å². The van der Waals surface area contributed by atoms with E-state index in [-0.39, 0.29) is 5.91 Å². The van der Waals surface area contributed by atoms with Gasteiger partial charge in [0.05, 0.1) is 18.8 Å².